The molecular weight excluding hydrogens is 224 g/mol. The molecule has 0 aromatic carbocycles. The van der Waals surface area contributed by atoms with Crippen LogP contribution in [0.2, 0.25) is 0 Å². The number of nitrogen functional groups attached to an aromatic ring is 1. The molecule has 17 heavy (non-hydrogen) atoms. The molecular formula is C10H18N4O3. The highest BCUT2D eigenvalue weighted by Crippen LogP contribution is 1.96. The first-order chi connectivity index (χ1) is 8.22. The molecule has 0 aliphatic rings. The molecule has 0 saturated heterocycles. The smallest absolute Gasteiger partial charge is 0.246 e. The zero-order valence-electron chi connectivity index (χ0n) is 9.89. The van der Waals surface area contributed by atoms with Gasteiger partial charge in [0.1, 0.15) is 6.61 Å². The molecule has 0 aliphatic carbocycles. The minimum Gasteiger partial charge on any atom is -0.396 e. The Kier molecular flexibility index (Phi) is 6.05. The van der Waals surface area contributed by atoms with E-state index in [9.17, 15) is 4.79 Å². The van der Waals surface area contributed by atoms with Gasteiger partial charge in [-0.25, -0.2) is 0 Å². The fourth-order valence-corrected chi connectivity index (χ4v) is 1.17. The Bertz CT molecular complexity index is 340. The number of carbonyl (C=O) groups excluding carboxylic acids is 1. The van der Waals surface area contributed by atoms with Gasteiger partial charge in [0.15, 0.2) is 0 Å². The third kappa shape index (κ3) is 5.88. The summed E-state index contributed by atoms with van der Waals surface area (Å²) in [5.41, 5.74) is 6.11. The van der Waals surface area contributed by atoms with Gasteiger partial charge in [-0.1, -0.05) is 0 Å². The van der Waals surface area contributed by atoms with Gasteiger partial charge < -0.3 is 20.5 Å². The maximum Gasteiger partial charge on any atom is 0.246 e. The predicted molar refractivity (Wildman–Crippen MR) is 62.3 cm³/mol. The van der Waals surface area contributed by atoms with E-state index in [1.807, 2.05) is 0 Å². The fourth-order valence-electron chi connectivity index (χ4n) is 1.17. The molecule has 0 radical (unpaired) electrons. The lowest BCUT2D eigenvalue weighted by Crippen LogP contribution is -2.31. The van der Waals surface area contributed by atoms with Crippen molar-refractivity contribution >= 4 is 11.6 Å². The van der Waals surface area contributed by atoms with Crippen LogP contribution in [-0.4, -0.2) is 49.2 Å². The van der Waals surface area contributed by atoms with Gasteiger partial charge in [0.2, 0.25) is 5.91 Å². The summed E-state index contributed by atoms with van der Waals surface area (Å²) in [6.45, 7) is 2.03. The van der Waals surface area contributed by atoms with E-state index >= 15 is 0 Å². The van der Waals surface area contributed by atoms with Crippen molar-refractivity contribution in [1.29, 1.82) is 0 Å². The van der Waals surface area contributed by atoms with Crippen molar-refractivity contribution in [1.82, 2.24) is 15.1 Å². The molecule has 1 amide bonds. The Hall–Kier alpha value is -1.60. The van der Waals surface area contributed by atoms with Gasteiger partial charge in [0.05, 0.1) is 31.6 Å². The summed E-state index contributed by atoms with van der Waals surface area (Å²) >= 11 is 0. The van der Waals surface area contributed by atoms with Crippen molar-refractivity contribution in [3.05, 3.63) is 12.4 Å². The van der Waals surface area contributed by atoms with E-state index in [1.165, 1.54) is 0 Å². The largest absolute Gasteiger partial charge is 0.396 e. The highest BCUT2D eigenvalue weighted by molar-refractivity contribution is 5.77. The standard InChI is InChI=1S/C10H18N4O3/c1-16-4-5-17-8-10(15)12-2-3-14-7-9(11)6-13-14/h6-7H,2-5,8,11H2,1H3,(H,12,15). The summed E-state index contributed by atoms with van der Waals surface area (Å²) < 4.78 is 11.5. The first-order valence-corrected chi connectivity index (χ1v) is 5.33. The lowest BCUT2D eigenvalue weighted by molar-refractivity contribution is -0.126. The number of hydrogen-bond donors (Lipinski definition) is 2. The first-order valence-electron chi connectivity index (χ1n) is 5.33. The van der Waals surface area contributed by atoms with E-state index in [0.717, 1.165) is 0 Å². The van der Waals surface area contributed by atoms with Crippen LogP contribution in [0.15, 0.2) is 12.4 Å². The molecule has 0 bridgehead atoms. The van der Waals surface area contributed by atoms with Crippen LogP contribution in [-0.2, 0) is 20.8 Å². The van der Waals surface area contributed by atoms with Crippen LogP contribution < -0.4 is 11.1 Å². The maximum atomic E-state index is 11.3. The zero-order valence-corrected chi connectivity index (χ0v) is 9.89. The molecule has 1 heterocycles. The Morgan fingerprint density at radius 2 is 2.41 bits per heavy atom. The number of carbonyl (C=O) groups is 1. The van der Waals surface area contributed by atoms with Crippen molar-refractivity contribution < 1.29 is 14.3 Å². The molecule has 0 aliphatic heterocycles. The Morgan fingerprint density at radius 1 is 1.59 bits per heavy atom. The Labute approximate surface area is 99.9 Å². The van der Waals surface area contributed by atoms with Gasteiger partial charge in [0.25, 0.3) is 0 Å². The van der Waals surface area contributed by atoms with Crippen LogP contribution in [0.4, 0.5) is 5.69 Å². The van der Waals surface area contributed by atoms with Gasteiger partial charge in [-0.05, 0) is 0 Å². The molecule has 1 rings (SSSR count). The normalized spacial score (nSPS) is 10.4. The number of methoxy groups -OCH3 is 1. The molecule has 96 valence electrons. The molecule has 1 aromatic heterocycles. The molecule has 7 heteroatoms. The molecule has 0 spiro atoms. The second-order valence-corrected chi connectivity index (χ2v) is 3.43. The molecule has 0 fully saturated rings. The second-order valence-electron chi connectivity index (χ2n) is 3.43. The summed E-state index contributed by atoms with van der Waals surface area (Å²) in [6, 6.07) is 0. The monoisotopic (exact) mass is 242 g/mol. The van der Waals surface area contributed by atoms with Crippen LogP contribution in [0.3, 0.4) is 0 Å². The van der Waals surface area contributed by atoms with E-state index in [-0.39, 0.29) is 12.5 Å². The number of aromatic nitrogens is 2. The highest BCUT2D eigenvalue weighted by atomic mass is 16.5. The van der Waals surface area contributed by atoms with Gasteiger partial charge in [-0.2, -0.15) is 5.10 Å². The van der Waals surface area contributed by atoms with E-state index in [2.05, 4.69) is 10.4 Å². The predicted octanol–water partition coefficient (Wildman–Crippen LogP) is -0.755. The van der Waals surface area contributed by atoms with E-state index in [0.29, 0.717) is 32.0 Å². The van der Waals surface area contributed by atoms with Crippen LogP contribution in [0, 0.1) is 0 Å². The number of nitrogens with one attached hydrogen (secondary N) is 1. The summed E-state index contributed by atoms with van der Waals surface area (Å²) in [5, 5.41) is 6.70. The molecule has 1 aromatic rings. The van der Waals surface area contributed by atoms with Crippen LogP contribution >= 0.6 is 0 Å². The average Bonchev–Trinajstić information content (AvgIpc) is 2.71. The van der Waals surface area contributed by atoms with Crippen molar-refractivity contribution in [2.24, 2.45) is 0 Å². The fraction of sp³-hybridized carbons (Fsp3) is 0.600. The number of nitrogens with two attached hydrogens (primary N) is 1. The number of rotatable bonds is 8. The van der Waals surface area contributed by atoms with Gasteiger partial charge >= 0.3 is 0 Å². The summed E-state index contributed by atoms with van der Waals surface area (Å²) in [7, 11) is 1.58. The van der Waals surface area contributed by atoms with Crippen molar-refractivity contribution in [2.45, 2.75) is 6.54 Å². The number of anilines is 1. The van der Waals surface area contributed by atoms with Crippen molar-refractivity contribution in [3.63, 3.8) is 0 Å². The van der Waals surface area contributed by atoms with Crippen molar-refractivity contribution in [2.75, 3.05) is 39.2 Å². The molecule has 0 atom stereocenters. The molecule has 3 N–H and O–H groups in total. The third-order valence-electron chi connectivity index (χ3n) is 1.98. The summed E-state index contributed by atoms with van der Waals surface area (Å²) in [5.74, 6) is -0.152. The van der Waals surface area contributed by atoms with E-state index in [4.69, 9.17) is 15.2 Å². The Morgan fingerprint density at radius 3 is 3.06 bits per heavy atom. The second kappa shape index (κ2) is 7.64. The minimum absolute atomic E-state index is 0.0462. The number of ether oxygens (including phenoxy) is 2. The molecule has 0 saturated carbocycles. The van der Waals surface area contributed by atoms with Gasteiger partial charge in [0, 0.05) is 19.9 Å². The maximum absolute atomic E-state index is 11.3. The van der Waals surface area contributed by atoms with Gasteiger partial charge in [-0.15, -0.1) is 0 Å². The van der Waals surface area contributed by atoms with Crippen LogP contribution in [0.25, 0.3) is 0 Å². The number of nitrogens with zero attached hydrogens (tertiary/aromatic N) is 2. The topological polar surface area (TPSA) is 91.4 Å². The van der Waals surface area contributed by atoms with Crippen LogP contribution in [0.1, 0.15) is 0 Å². The summed E-state index contributed by atoms with van der Waals surface area (Å²) in [4.78, 5) is 11.3. The third-order valence-corrected chi connectivity index (χ3v) is 1.98. The van der Waals surface area contributed by atoms with E-state index < -0.39 is 0 Å². The van der Waals surface area contributed by atoms with Gasteiger partial charge in [-0.3, -0.25) is 9.48 Å². The lowest BCUT2D eigenvalue weighted by atomic mass is 10.5. The first kappa shape index (κ1) is 13.5. The van der Waals surface area contributed by atoms with Crippen LogP contribution in [0.5, 0.6) is 0 Å². The molecule has 0 unspecified atom stereocenters. The number of hydrogen-bond acceptors (Lipinski definition) is 5. The summed E-state index contributed by atoms with van der Waals surface area (Å²) in [6.07, 6.45) is 3.27. The number of amides is 1. The quantitative estimate of drug-likeness (QED) is 0.585. The molecule has 7 nitrogen and oxygen atoms in total. The minimum atomic E-state index is -0.152. The van der Waals surface area contributed by atoms with Crippen molar-refractivity contribution in [3.8, 4) is 0 Å². The highest BCUT2D eigenvalue weighted by Gasteiger charge is 2.01. The zero-order chi connectivity index (χ0) is 12.5. The lowest BCUT2D eigenvalue weighted by Gasteiger charge is -2.06. The Balaban J connectivity index is 2.04. The average molecular weight is 242 g/mol. The SMILES string of the molecule is COCCOCC(=O)NCCn1cc(N)cn1. The van der Waals surface area contributed by atoms with E-state index in [1.54, 1.807) is 24.2 Å².